The summed E-state index contributed by atoms with van der Waals surface area (Å²) in [4.78, 5) is 21.6. The lowest BCUT2D eigenvalue weighted by atomic mass is 9.97. The number of piperidine rings is 1. The van der Waals surface area contributed by atoms with Gasteiger partial charge >= 0.3 is 5.97 Å². The van der Waals surface area contributed by atoms with E-state index >= 15 is 0 Å². The average Bonchev–Trinajstić information content (AvgIpc) is 2.68. The van der Waals surface area contributed by atoms with Crippen LogP contribution in [0.4, 0.5) is 10.2 Å². The Morgan fingerprint density at radius 3 is 2.54 bits per heavy atom. The highest BCUT2D eigenvalue weighted by Gasteiger charge is 2.25. The molecule has 1 saturated heterocycles. The first-order valence-electron chi connectivity index (χ1n) is 8.61. The molecule has 0 radical (unpaired) electrons. The van der Waals surface area contributed by atoms with Gasteiger partial charge in [-0.3, -0.25) is 4.79 Å². The molecule has 0 amide bonds. The van der Waals surface area contributed by atoms with Gasteiger partial charge in [-0.1, -0.05) is 6.07 Å². The number of nitrogens with zero attached hydrogens (tertiary/aromatic N) is 3. The van der Waals surface area contributed by atoms with Crippen LogP contribution in [-0.4, -0.2) is 34.1 Å². The third kappa shape index (κ3) is 3.22. The van der Waals surface area contributed by atoms with Crippen molar-refractivity contribution < 1.29 is 14.3 Å². The van der Waals surface area contributed by atoms with E-state index in [0.717, 1.165) is 27.8 Å². The van der Waals surface area contributed by atoms with Crippen molar-refractivity contribution >= 4 is 22.7 Å². The molecule has 2 aromatic heterocycles. The number of pyridine rings is 2. The van der Waals surface area contributed by atoms with Gasteiger partial charge in [-0.25, -0.2) is 9.97 Å². The monoisotopic (exact) mass is 351 g/mol. The zero-order valence-electron chi connectivity index (χ0n) is 14.1. The van der Waals surface area contributed by atoms with Crippen molar-refractivity contribution in [1.29, 1.82) is 0 Å². The van der Waals surface area contributed by atoms with Gasteiger partial charge in [0.2, 0.25) is 5.95 Å². The van der Waals surface area contributed by atoms with E-state index in [1.807, 2.05) is 30.3 Å². The van der Waals surface area contributed by atoms with Gasteiger partial charge in [0.15, 0.2) is 0 Å². The number of aromatic nitrogens is 2. The molecule has 26 heavy (non-hydrogen) atoms. The first-order chi connectivity index (χ1) is 12.6. The van der Waals surface area contributed by atoms with E-state index in [2.05, 4.69) is 9.88 Å². The molecule has 0 aliphatic carbocycles. The molecule has 0 unspecified atom stereocenters. The van der Waals surface area contributed by atoms with Crippen LogP contribution in [0.1, 0.15) is 12.8 Å². The molecular weight excluding hydrogens is 333 g/mol. The molecule has 1 N–H and O–H groups in total. The topological polar surface area (TPSA) is 66.3 Å². The van der Waals surface area contributed by atoms with Crippen LogP contribution in [0.25, 0.3) is 22.0 Å². The smallest absolute Gasteiger partial charge is 0.306 e. The van der Waals surface area contributed by atoms with Crippen LogP contribution in [0.5, 0.6) is 0 Å². The number of carboxylic acid groups (broad SMARTS) is 1. The van der Waals surface area contributed by atoms with Crippen LogP contribution in [0.2, 0.25) is 0 Å². The van der Waals surface area contributed by atoms with E-state index < -0.39 is 11.9 Å². The Hall–Kier alpha value is -3.02. The Bertz CT molecular complexity index is 951. The number of hydrogen-bond acceptors (Lipinski definition) is 4. The van der Waals surface area contributed by atoms with Crippen molar-refractivity contribution in [1.82, 2.24) is 9.97 Å². The molecule has 3 heterocycles. The maximum atomic E-state index is 13.0. The number of halogens is 1. The molecule has 1 aliphatic heterocycles. The van der Waals surface area contributed by atoms with Crippen molar-refractivity contribution in [2.75, 3.05) is 18.0 Å². The maximum Gasteiger partial charge on any atom is 0.306 e. The van der Waals surface area contributed by atoms with E-state index in [4.69, 9.17) is 10.1 Å². The normalized spacial score (nSPS) is 15.3. The standard InChI is InChI=1S/C20H18FN3O2/c21-18-5-2-16(12-22-18)14-1-4-17-15(11-14)3-6-19(23-17)24-9-7-13(8-10-24)20(25)26/h1-6,11-13H,7-10H2,(H,25,26). The number of carboxylic acids is 1. The number of carbonyl (C=O) groups is 1. The Labute approximate surface area is 150 Å². The fourth-order valence-electron chi connectivity index (χ4n) is 3.37. The lowest BCUT2D eigenvalue weighted by Gasteiger charge is -2.31. The van der Waals surface area contributed by atoms with E-state index in [9.17, 15) is 9.18 Å². The van der Waals surface area contributed by atoms with Gasteiger partial charge in [-0.2, -0.15) is 4.39 Å². The summed E-state index contributed by atoms with van der Waals surface area (Å²) in [5, 5.41) is 10.1. The molecule has 0 bridgehead atoms. The van der Waals surface area contributed by atoms with Gasteiger partial charge in [-0.15, -0.1) is 0 Å². The Kier molecular flexibility index (Phi) is 4.24. The summed E-state index contributed by atoms with van der Waals surface area (Å²) in [5.74, 6) is -0.581. The summed E-state index contributed by atoms with van der Waals surface area (Å²) in [6.07, 6.45) is 2.81. The second-order valence-corrected chi connectivity index (χ2v) is 6.55. The van der Waals surface area contributed by atoms with E-state index in [0.29, 0.717) is 25.9 Å². The van der Waals surface area contributed by atoms with E-state index in [1.165, 1.54) is 12.3 Å². The van der Waals surface area contributed by atoms with Gasteiger partial charge in [0, 0.05) is 30.2 Å². The quantitative estimate of drug-likeness (QED) is 0.728. The number of fused-ring (bicyclic) bond motifs is 1. The molecule has 5 nitrogen and oxygen atoms in total. The highest BCUT2D eigenvalue weighted by molar-refractivity contribution is 5.85. The van der Waals surface area contributed by atoms with Crippen LogP contribution in [0.3, 0.4) is 0 Å². The average molecular weight is 351 g/mol. The lowest BCUT2D eigenvalue weighted by molar-refractivity contribution is -0.142. The number of benzene rings is 1. The molecule has 1 aliphatic rings. The summed E-state index contributed by atoms with van der Waals surface area (Å²) < 4.78 is 13.0. The number of hydrogen-bond donors (Lipinski definition) is 1. The molecule has 132 valence electrons. The third-order valence-electron chi connectivity index (χ3n) is 4.90. The van der Waals surface area contributed by atoms with Crippen LogP contribution >= 0.6 is 0 Å². The Balaban J connectivity index is 1.58. The van der Waals surface area contributed by atoms with Crippen LogP contribution in [0, 0.1) is 11.9 Å². The predicted octanol–water partition coefficient (Wildman–Crippen LogP) is 3.74. The SMILES string of the molecule is O=C(O)C1CCN(c2ccc3cc(-c4ccc(F)nc4)ccc3n2)CC1. The Morgan fingerprint density at radius 1 is 1.08 bits per heavy atom. The van der Waals surface area contributed by atoms with Gasteiger partial charge in [0.05, 0.1) is 11.4 Å². The third-order valence-corrected chi connectivity index (χ3v) is 4.90. The van der Waals surface area contributed by atoms with E-state index in [1.54, 1.807) is 6.07 Å². The van der Waals surface area contributed by atoms with Crippen molar-refractivity contribution in [3.63, 3.8) is 0 Å². The molecular formula is C20H18FN3O2. The summed E-state index contributed by atoms with van der Waals surface area (Å²) in [7, 11) is 0. The first kappa shape index (κ1) is 16.4. The van der Waals surface area contributed by atoms with Gasteiger partial charge in [0.25, 0.3) is 0 Å². The molecule has 4 rings (SSSR count). The van der Waals surface area contributed by atoms with Crippen molar-refractivity contribution in [3.05, 3.63) is 54.6 Å². The first-order valence-corrected chi connectivity index (χ1v) is 8.61. The minimum absolute atomic E-state index is 0.251. The zero-order valence-corrected chi connectivity index (χ0v) is 14.1. The molecule has 0 spiro atoms. The molecule has 1 fully saturated rings. The van der Waals surface area contributed by atoms with Crippen LogP contribution in [-0.2, 0) is 4.79 Å². The predicted molar refractivity (Wildman–Crippen MR) is 97.5 cm³/mol. The zero-order chi connectivity index (χ0) is 18.1. The largest absolute Gasteiger partial charge is 0.481 e. The Morgan fingerprint density at radius 2 is 1.85 bits per heavy atom. The van der Waals surface area contributed by atoms with Crippen molar-refractivity contribution in [2.45, 2.75) is 12.8 Å². The number of anilines is 1. The molecule has 3 aromatic rings. The summed E-state index contributed by atoms with van der Waals surface area (Å²) >= 11 is 0. The second-order valence-electron chi connectivity index (χ2n) is 6.55. The molecule has 1 aromatic carbocycles. The van der Waals surface area contributed by atoms with Gasteiger partial charge in [-0.05, 0) is 54.8 Å². The maximum absolute atomic E-state index is 13.0. The summed E-state index contributed by atoms with van der Waals surface area (Å²) in [6.45, 7) is 1.41. The minimum atomic E-state index is -0.709. The van der Waals surface area contributed by atoms with Gasteiger partial charge < -0.3 is 10.0 Å². The van der Waals surface area contributed by atoms with Crippen molar-refractivity contribution in [3.8, 4) is 11.1 Å². The van der Waals surface area contributed by atoms with E-state index in [-0.39, 0.29) is 5.92 Å². The minimum Gasteiger partial charge on any atom is -0.481 e. The number of rotatable bonds is 3. The summed E-state index contributed by atoms with van der Waals surface area (Å²) in [6, 6.07) is 12.9. The fraction of sp³-hybridized carbons (Fsp3) is 0.250. The summed E-state index contributed by atoms with van der Waals surface area (Å²) in [5.41, 5.74) is 2.69. The fourth-order valence-corrected chi connectivity index (χ4v) is 3.37. The second kappa shape index (κ2) is 6.71. The molecule has 0 saturated carbocycles. The highest BCUT2D eigenvalue weighted by Crippen LogP contribution is 2.27. The van der Waals surface area contributed by atoms with Crippen LogP contribution in [0.15, 0.2) is 48.7 Å². The molecule has 6 heteroatoms. The van der Waals surface area contributed by atoms with Crippen molar-refractivity contribution in [2.24, 2.45) is 5.92 Å². The van der Waals surface area contributed by atoms with Crippen LogP contribution < -0.4 is 4.90 Å². The molecule has 0 atom stereocenters. The lowest BCUT2D eigenvalue weighted by Crippen LogP contribution is -2.36. The highest BCUT2D eigenvalue weighted by atomic mass is 19.1. The number of aliphatic carboxylic acids is 1. The van der Waals surface area contributed by atoms with Gasteiger partial charge in [0.1, 0.15) is 5.82 Å².